The molecule has 0 aromatic heterocycles. The van der Waals surface area contributed by atoms with Crippen molar-refractivity contribution in [3.63, 3.8) is 0 Å². The van der Waals surface area contributed by atoms with E-state index in [-0.39, 0.29) is 5.48 Å². The van der Waals surface area contributed by atoms with E-state index in [1.807, 2.05) is 0 Å². The van der Waals surface area contributed by atoms with Gasteiger partial charge in [-0.1, -0.05) is 0 Å². The van der Waals surface area contributed by atoms with Crippen LogP contribution in [0.15, 0.2) is 0 Å². The molecule has 0 aliphatic rings. The third kappa shape index (κ3) is 1.73. The molecule has 0 aliphatic carbocycles. The van der Waals surface area contributed by atoms with Crippen molar-refractivity contribution in [3.8, 4) is 11.5 Å². The molecule has 0 amide bonds. The van der Waals surface area contributed by atoms with E-state index in [4.69, 9.17) is 10.2 Å². The number of halogens is 6. The maximum Gasteiger partial charge on any atom is 0.204 e. The molecule has 0 aliphatic heterocycles. The fourth-order valence-electron chi connectivity index (χ4n) is 1.50. The lowest BCUT2D eigenvalue weighted by atomic mass is 10.1. The monoisotopic (exact) mass is 286 g/mol. The Hall–Kier alpha value is -2.16. The van der Waals surface area contributed by atoms with E-state index in [9.17, 15) is 26.3 Å². The van der Waals surface area contributed by atoms with E-state index in [0.717, 1.165) is 0 Å². The second kappa shape index (κ2) is 4.50. The molecule has 0 unspecified atom stereocenters. The van der Waals surface area contributed by atoms with Crippen LogP contribution >= 0.6 is 0 Å². The molecule has 3 nitrogen and oxygen atoms in total. The minimum Gasteiger partial charge on any atom is -0.504 e. The van der Waals surface area contributed by atoms with E-state index in [0.29, 0.717) is 0 Å². The minimum absolute atomic E-state index is 0. The summed E-state index contributed by atoms with van der Waals surface area (Å²) in [4.78, 5) is 0. The molecule has 2 rings (SSSR count). The Morgan fingerprint density at radius 2 is 0.789 bits per heavy atom. The lowest BCUT2D eigenvalue weighted by Gasteiger charge is -2.09. The molecule has 0 saturated carbocycles. The number of rotatable bonds is 0. The largest absolute Gasteiger partial charge is 0.504 e. The van der Waals surface area contributed by atoms with E-state index >= 15 is 0 Å². The SMILES string of the molecule is O.Oc1c(F)c(F)c(F)c2c(F)c(F)c(F)c(O)c12. The summed E-state index contributed by atoms with van der Waals surface area (Å²) in [6, 6.07) is 0. The van der Waals surface area contributed by atoms with Gasteiger partial charge in [-0.05, 0) is 0 Å². The van der Waals surface area contributed by atoms with Crippen LogP contribution in [-0.4, -0.2) is 15.7 Å². The van der Waals surface area contributed by atoms with Crippen LogP contribution in [0.1, 0.15) is 0 Å². The maximum absolute atomic E-state index is 13.2. The summed E-state index contributed by atoms with van der Waals surface area (Å²) in [5.41, 5.74) is 0. The van der Waals surface area contributed by atoms with Crippen LogP contribution in [0.5, 0.6) is 11.5 Å². The highest BCUT2D eigenvalue weighted by molar-refractivity contribution is 5.94. The smallest absolute Gasteiger partial charge is 0.204 e. The molecule has 0 spiro atoms. The van der Waals surface area contributed by atoms with Gasteiger partial charge in [-0.2, -0.15) is 8.78 Å². The van der Waals surface area contributed by atoms with Crippen LogP contribution in [0.25, 0.3) is 10.8 Å². The number of fused-ring (bicyclic) bond motifs is 1. The molecular weight excluding hydrogens is 282 g/mol. The van der Waals surface area contributed by atoms with Crippen molar-refractivity contribution in [2.75, 3.05) is 0 Å². The van der Waals surface area contributed by atoms with Gasteiger partial charge >= 0.3 is 0 Å². The molecule has 2 aromatic rings. The summed E-state index contributed by atoms with van der Waals surface area (Å²) in [7, 11) is 0. The summed E-state index contributed by atoms with van der Waals surface area (Å²) in [5, 5.41) is 15.2. The van der Waals surface area contributed by atoms with Crippen molar-refractivity contribution in [2.45, 2.75) is 0 Å². The molecule has 0 heterocycles. The molecular formula is C10H4F6O3. The fourth-order valence-corrected chi connectivity index (χ4v) is 1.50. The first-order valence-corrected chi connectivity index (χ1v) is 4.33. The van der Waals surface area contributed by atoms with E-state index < -0.39 is 57.2 Å². The minimum atomic E-state index is -2.27. The normalized spacial score (nSPS) is 10.6. The zero-order valence-corrected chi connectivity index (χ0v) is 8.66. The second-order valence-corrected chi connectivity index (χ2v) is 3.33. The van der Waals surface area contributed by atoms with Crippen LogP contribution < -0.4 is 0 Å². The zero-order chi connectivity index (χ0) is 13.8. The second-order valence-electron chi connectivity index (χ2n) is 3.33. The average molecular weight is 286 g/mol. The van der Waals surface area contributed by atoms with Gasteiger partial charge in [-0.3, -0.25) is 0 Å². The first kappa shape index (κ1) is 14.9. The third-order valence-electron chi connectivity index (χ3n) is 2.35. The number of phenols is 2. The highest BCUT2D eigenvalue weighted by Crippen LogP contribution is 2.41. The first-order chi connectivity index (χ1) is 8.29. The Labute approximate surface area is 100 Å². The van der Waals surface area contributed by atoms with Crippen LogP contribution in [0, 0.1) is 34.9 Å². The van der Waals surface area contributed by atoms with Gasteiger partial charge in [-0.15, -0.1) is 0 Å². The molecule has 0 saturated heterocycles. The zero-order valence-electron chi connectivity index (χ0n) is 8.66. The number of benzene rings is 2. The van der Waals surface area contributed by atoms with Crippen molar-refractivity contribution in [2.24, 2.45) is 0 Å². The first-order valence-electron chi connectivity index (χ1n) is 4.33. The van der Waals surface area contributed by atoms with Crippen LogP contribution in [-0.2, 0) is 0 Å². The average Bonchev–Trinajstić information content (AvgIpc) is 2.35. The number of aromatic hydroxyl groups is 2. The van der Waals surface area contributed by atoms with Crippen molar-refractivity contribution >= 4 is 10.8 Å². The predicted octanol–water partition coefficient (Wildman–Crippen LogP) is 2.26. The van der Waals surface area contributed by atoms with E-state index in [2.05, 4.69) is 0 Å². The molecule has 0 fully saturated rings. The fraction of sp³-hybridized carbons (Fsp3) is 0. The number of hydrogen-bond donors (Lipinski definition) is 2. The number of hydrogen-bond acceptors (Lipinski definition) is 2. The van der Waals surface area contributed by atoms with Crippen molar-refractivity contribution in [1.82, 2.24) is 0 Å². The molecule has 19 heavy (non-hydrogen) atoms. The highest BCUT2D eigenvalue weighted by Gasteiger charge is 2.29. The van der Waals surface area contributed by atoms with Gasteiger partial charge in [0.25, 0.3) is 0 Å². The Morgan fingerprint density at radius 1 is 0.474 bits per heavy atom. The van der Waals surface area contributed by atoms with Crippen LogP contribution in [0.4, 0.5) is 26.3 Å². The van der Waals surface area contributed by atoms with E-state index in [1.165, 1.54) is 0 Å². The summed E-state index contributed by atoms with van der Waals surface area (Å²) in [6.07, 6.45) is 0. The lowest BCUT2D eigenvalue weighted by molar-refractivity contribution is 0.374. The topological polar surface area (TPSA) is 72.0 Å². The van der Waals surface area contributed by atoms with Gasteiger partial charge < -0.3 is 15.7 Å². The Balaban J connectivity index is 0.00000180. The van der Waals surface area contributed by atoms with Crippen molar-refractivity contribution in [3.05, 3.63) is 34.9 Å². The summed E-state index contributed by atoms with van der Waals surface area (Å²) in [5.74, 6) is -16.7. The van der Waals surface area contributed by atoms with Crippen molar-refractivity contribution < 1.29 is 42.0 Å². The summed E-state index contributed by atoms with van der Waals surface area (Å²) >= 11 is 0. The Kier molecular flexibility index (Phi) is 3.53. The molecule has 9 heteroatoms. The van der Waals surface area contributed by atoms with Crippen LogP contribution in [0.2, 0.25) is 0 Å². The summed E-state index contributed by atoms with van der Waals surface area (Å²) < 4.78 is 78.1. The van der Waals surface area contributed by atoms with Gasteiger partial charge in [0.05, 0.1) is 10.8 Å². The molecule has 2 aromatic carbocycles. The van der Waals surface area contributed by atoms with Crippen LogP contribution in [0.3, 0.4) is 0 Å². The standard InChI is InChI=1S/C10H2F6O2.H2O/c11-3-1-2(9(17)7(15)5(3)13)10(18)8(16)6(14)4(1)12;/h17-18H;1H2. The molecule has 104 valence electrons. The molecule has 0 radical (unpaired) electrons. The summed E-state index contributed by atoms with van der Waals surface area (Å²) in [6.45, 7) is 0. The Morgan fingerprint density at radius 3 is 1.11 bits per heavy atom. The van der Waals surface area contributed by atoms with E-state index in [1.54, 1.807) is 0 Å². The Bertz CT molecular complexity index is 572. The quantitative estimate of drug-likeness (QED) is 0.576. The van der Waals surface area contributed by atoms with Gasteiger partial charge in [-0.25, -0.2) is 17.6 Å². The molecule has 0 atom stereocenters. The predicted molar refractivity (Wildman–Crippen MR) is 50.6 cm³/mol. The lowest BCUT2D eigenvalue weighted by Crippen LogP contribution is -2.01. The highest BCUT2D eigenvalue weighted by atomic mass is 19.2. The van der Waals surface area contributed by atoms with Gasteiger partial charge in [0, 0.05) is 0 Å². The van der Waals surface area contributed by atoms with Gasteiger partial charge in [0.1, 0.15) is 0 Å². The molecule has 4 N–H and O–H groups in total. The van der Waals surface area contributed by atoms with Gasteiger partial charge in [0.15, 0.2) is 34.8 Å². The van der Waals surface area contributed by atoms with Crippen molar-refractivity contribution in [1.29, 1.82) is 0 Å². The maximum atomic E-state index is 13.2. The van der Waals surface area contributed by atoms with Gasteiger partial charge in [0.2, 0.25) is 11.6 Å². The third-order valence-corrected chi connectivity index (χ3v) is 2.35. The molecule has 0 bridgehead atoms. The number of phenolic OH excluding ortho intramolecular Hbond substituents is 2.